The van der Waals surface area contributed by atoms with Crippen LogP contribution in [-0.2, 0) is 23.8 Å². The Morgan fingerprint density at radius 3 is 2.77 bits per heavy atom. The maximum absolute atomic E-state index is 12.8. The van der Waals surface area contributed by atoms with Gasteiger partial charge in [0.25, 0.3) is 0 Å². The predicted octanol–water partition coefficient (Wildman–Crippen LogP) is 0.813. The molecule has 3 unspecified atom stereocenters. The maximum Gasteiger partial charge on any atom is 0.408 e. The highest BCUT2D eigenvalue weighted by Gasteiger charge is 2.42. The minimum atomic E-state index is -0.846. The van der Waals surface area contributed by atoms with Crippen LogP contribution >= 0.6 is 0 Å². The number of carbonyl (C=O) groups is 3. The first-order valence-corrected chi connectivity index (χ1v) is 11.1. The van der Waals surface area contributed by atoms with Crippen molar-refractivity contribution in [3.05, 3.63) is 0 Å². The molecule has 31 heavy (non-hydrogen) atoms. The summed E-state index contributed by atoms with van der Waals surface area (Å²) < 4.78 is 16.6. The van der Waals surface area contributed by atoms with E-state index in [9.17, 15) is 19.6 Å². The van der Waals surface area contributed by atoms with Crippen LogP contribution in [0.2, 0.25) is 0 Å². The Bertz CT molecular complexity index is 708. The van der Waals surface area contributed by atoms with E-state index < -0.39 is 30.2 Å². The fourth-order valence-corrected chi connectivity index (χ4v) is 4.33. The van der Waals surface area contributed by atoms with Gasteiger partial charge in [-0.2, -0.15) is 5.26 Å². The minimum absolute atomic E-state index is 0.00240. The number of alkyl carbamates (subject to hydrolysis) is 1. The second-order valence-electron chi connectivity index (χ2n) is 8.85. The molecular formula is C21H32N4O6. The predicted molar refractivity (Wildman–Crippen MR) is 108 cm³/mol. The zero-order valence-corrected chi connectivity index (χ0v) is 18.1. The third kappa shape index (κ3) is 6.31. The molecule has 3 N–H and O–H groups in total. The number of hydrogen-bond acceptors (Lipinski definition) is 7. The van der Waals surface area contributed by atoms with Crippen LogP contribution in [0.1, 0.15) is 46.0 Å². The summed E-state index contributed by atoms with van der Waals surface area (Å²) >= 11 is 0. The van der Waals surface area contributed by atoms with Crippen molar-refractivity contribution in [2.75, 3.05) is 19.8 Å². The number of amides is 3. The van der Waals surface area contributed by atoms with Crippen LogP contribution in [0.3, 0.4) is 0 Å². The van der Waals surface area contributed by atoms with Crippen molar-refractivity contribution in [1.82, 2.24) is 16.0 Å². The molecule has 3 rings (SSSR count). The van der Waals surface area contributed by atoms with Crippen LogP contribution in [0, 0.1) is 29.1 Å². The van der Waals surface area contributed by atoms with E-state index in [4.69, 9.17) is 14.2 Å². The van der Waals surface area contributed by atoms with Crippen LogP contribution in [0.15, 0.2) is 0 Å². The normalized spacial score (nSPS) is 29.4. The first kappa shape index (κ1) is 23.3. The summed E-state index contributed by atoms with van der Waals surface area (Å²) in [4.78, 5) is 37.1. The molecule has 172 valence electrons. The Morgan fingerprint density at radius 2 is 2.10 bits per heavy atom. The Balaban J connectivity index is 1.54. The zero-order chi connectivity index (χ0) is 22.4. The monoisotopic (exact) mass is 436 g/mol. The van der Waals surface area contributed by atoms with E-state index in [2.05, 4.69) is 16.0 Å². The van der Waals surface area contributed by atoms with E-state index in [1.165, 1.54) is 0 Å². The molecule has 3 heterocycles. The summed E-state index contributed by atoms with van der Waals surface area (Å²) in [5.41, 5.74) is 0. The zero-order valence-electron chi connectivity index (χ0n) is 18.1. The lowest BCUT2D eigenvalue weighted by atomic mass is 9.97. The summed E-state index contributed by atoms with van der Waals surface area (Å²) in [6.45, 7) is 5.36. The molecule has 0 aromatic rings. The van der Waals surface area contributed by atoms with Crippen molar-refractivity contribution in [3.63, 3.8) is 0 Å². The van der Waals surface area contributed by atoms with Gasteiger partial charge in [-0.3, -0.25) is 9.59 Å². The lowest BCUT2D eigenvalue weighted by Crippen LogP contribution is -2.51. The summed E-state index contributed by atoms with van der Waals surface area (Å²) in [5.74, 6) is -0.726. The Labute approximate surface area is 182 Å². The van der Waals surface area contributed by atoms with Crippen molar-refractivity contribution in [2.45, 2.75) is 70.4 Å². The maximum atomic E-state index is 12.8. The molecule has 0 spiro atoms. The average molecular weight is 437 g/mol. The summed E-state index contributed by atoms with van der Waals surface area (Å²) in [6.07, 6.45) is 1.57. The van der Waals surface area contributed by atoms with Crippen molar-refractivity contribution in [3.8, 4) is 6.07 Å². The summed E-state index contributed by atoms with van der Waals surface area (Å²) in [5, 5.41) is 17.5. The van der Waals surface area contributed by atoms with Gasteiger partial charge < -0.3 is 30.2 Å². The molecule has 3 aliphatic rings. The lowest BCUT2D eigenvalue weighted by Gasteiger charge is -2.27. The van der Waals surface area contributed by atoms with E-state index in [1.54, 1.807) is 0 Å². The van der Waals surface area contributed by atoms with Gasteiger partial charge in [0.1, 0.15) is 18.2 Å². The molecule has 10 heteroatoms. The van der Waals surface area contributed by atoms with Crippen LogP contribution in [0.5, 0.6) is 0 Å². The van der Waals surface area contributed by atoms with Gasteiger partial charge in [-0.1, -0.05) is 13.8 Å². The molecule has 0 aliphatic carbocycles. The minimum Gasteiger partial charge on any atom is -0.443 e. The highest BCUT2D eigenvalue weighted by molar-refractivity contribution is 5.86. The summed E-state index contributed by atoms with van der Waals surface area (Å²) in [6, 6.07) is 0.391. The number of nitrogens with one attached hydrogen (secondary N) is 3. The Morgan fingerprint density at radius 1 is 1.29 bits per heavy atom. The van der Waals surface area contributed by atoms with Gasteiger partial charge in [0.15, 0.2) is 6.29 Å². The fourth-order valence-electron chi connectivity index (χ4n) is 4.33. The van der Waals surface area contributed by atoms with Crippen LogP contribution < -0.4 is 16.0 Å². The number of ether oxygens (including phenoxy) is 3. The van der Waals surface area contributed by atoms with Crippen LogP contribution in [-0.4, -0.2) is 62.1 Å². The van der Waals surface area contributed by atoms with Crippen molar-refractivity contribution < 1.29 is 28.6 Å². The van der Waals surface area contributed by atoms with E-state index in [0.717, 1.165) is 12.8 Å². The molecule has 3 fully saturated rings. The van der Waals surface area contributed by atoms with E-state index in [-0.39, 0.29) is 43.0 Å². The highest BCUT2D eigenvalue weighted by atomic mass is 16.7. The molecule has 3 aliphatic heterocycles. The number of nitrogens with zero attached hydrogens (tertiary/aromatic N) is 1. The molecule has 0 radical (unpaired) electrons. The van der Waals surface area contributed by atoms with Gasteiger partial charge in [0.05, 0.1) is 12.7 Å². The first-order chi connectivity index (χ1) is 14.9. The molecule has 3 amide bonds. The molecule has 0 aromatic carbocycles. The van der Waals surface area contributed by atoms with Gasteiger partial charge in [-0.25, -0.2) is 4.79 Å². The molecule has 6 atom stereocenters. The fraction of sp³-hybridized carbons (Fsp3) is 0.810. The van der Waals surface area contributed by atoms with Gasteiger partial charge in [0.2, 0.25) is 11.8 Å². The number of nitriles is 1. The lowest BCUT2D eigenvalue weighted by molar-refractivity contribution is -0.152. The van der Waals surface area contributed by atoms with E-state index in [1.807, 2.05) is 19.9 Å². The largest absolute Gasteiger partial charge is 0.443 e. The van der Waals surface area contributed by atoms with Crippen LogP contribution in [0.4, 0.5) is 4.79 Å². The smallest absolute Gasteiger partial charge is 0.408 e. The highest BCUT2D eigenvalue weighted by Crippen LogP contribution is 2.32. The van der Waals surface area contributed by atoms with Crippen molar-refractivity contribution in [1.29, 1.82) is 5.26 Å². The number of carbonyl (C=O) groups excluding carboxylic acids is 3. The van der Waals surface area contributed by atoms with Gasteiger partial charge in [0, 0.05) is 25.0 Å². The number of rotatable bonds is 8. The van der Waals surface area contributed by atoms with Crippen molar-refractivity contribution >= 4 is 17.9 Å². The van der Waals surface area contributed by atoms with Gasteiger partial charge in [-0.05, 0) is 38.0 Å². The second-order valence-corrected chi connectivity index (χ2v) is 8.85. The molecule has 10 nitrogen and oxygen atoms in total. The molecule has 0 saturated carbocycles. The molecule has 0 aromatic heterocycles. The van der Waals surface area contributed by atoms with E-state index in [0.29, 0.717) is 26.0 Å². The van der Waals surface area contributed by atoms with Gasteiger partial charge in [-0.15, -0.1) is 0 Å². The quantitative estimate of drug-likeness (QED) is 0.512. The first-order valence-electron chi connectivity index (χ1n) is 11.1. The van der Waals surface area contributed by atoms with Crippen molar-refractivity contribution in [2.24, 2.45) is 17.8 Å². The molecular weight excluding hydrogens is 404 g/mol. The number of fused-ring (bicyclic) bond motifs is 1. The second kappa shape index (κ2) is 10.8. The van der Waals surface area contributed by atoms with Gasteiger partial charge >= 0.3 is 6.09 Å². The van der Waals surface area contributed by atoms with E-state index >= 15 is 0 Å². The third-order valence-corrected chi connectivity index (χ3v) is 5.95. The standard InChI is InChI=1S/C21H32N4O6/c1-12(2)8-16(19(27)24-14(10-22)9-13-5-6-23-18(13)26)25-21(28)31-17-11-30-20-15(17)4-3-7-29-20/h12-17,20H,3-9,11H2,1-2H3,(H,23,26)(H,24,27)(H,25,28)/t13-,14-,15?,16-,17?,20?/m0/s1. The Hall–Kier alpha value is -2.38. The third-order valence-electron chi connectivity index (χ3n) is 5.95. The topological polar surface area (TPSA) is 139 Å². The average Bonchev–Trinajstić information content (AvgIpc) is 3.32. The Kier molecular flexibility index (Phi) is 8.09. The van der Waals surface area contributed by atoms with Crippen LogP contribution in [0.25, 0.3) is 0 Å². The summed E-state index contributed by atoms with van der Waals surface area (Å²) in [7, 11) is 0. The molecule has 0 bridgehead atoms. The SMILES string of the molecule is CC(C)C[C@H](NC(=O)OC1COC2OCCCC12)C(=O)N[C@H](C#N)C[C@@H]1CCNC1=O. The molecule has 3 saturated heterocycles. The number of hydrogen-bond donors (Lipinski definition) is 3.